The maximum Gasteiger partial charge on any atom is 0.323 e. The fourth-order valence-electron chi connectivity index (χ4n) is 2.02. The predicted molar refractivity (Wildman–Crippen MR) is 59.9 cm³/mol. The summed E-state index contributed by atoms with van der Waals surface area (Å²) >= 11 is 0. The Bertz CT molecular complexity index is 413. The van der Waals surface area contributed by atoms with Crippen molar-refractivity contribution in [2.75, 3.05) is 7.11 Å². The first-order valence-electron chi connectivity index (χ1n) is 5.37. The van der Waals surface area contributed by atoms with Gasteiger partial charge in [-0.2, -0.15) is 0 Å². The highest BCUT2D eigenvalue weighted by molar-refractivity contribution is 5.78. The van der Waals surface area contributed by atoms with Crippen LogP contribution < -0.4 is 5.73 Å². The minimum Gasteiger partial charge on any atom is -0.468 e. The van der Waals surface area contributed by atoms with Gasteiger partial charge in [0.05, 0.1) is 7.11 Å². The first-order valence-corrected chi connectivity index (χ1v) is 5.37. The number of hydrogen-bond acceptors (Lipinski definition) is 4. The van der Waals surface area contributed by atoms with Crippen LogP contribution in [0.3, 0.4) is 0 Å². The standard InChI is InChI=1S/C12H16N2O2/c1-8-3-6-14-9(7-8)12(4-5-12)10(13)11(15)16-2/h3,6-7,10H,4-5,13H2,1-2H3. The molecule has 4 heteroatoms. The zero-order valence-electron chi connectivity index (χ0n) is 9.56. The van der Waals surface area contributed by atoms with Crippen LogP contribution in [0.5, 0.6) is 0 Å². The van der Waals surface area contributed by atoms with Gasteiger partial charge in [-0.1, -0.05) is 0 Å². The Morgan fingerprint density at radius 3 is 2.81 bits per heavy atom. The number of carbonyl (C=O) groups excluding carboxylic acids is 1. The average Bonchev–Trinajstić information content (AvgIpc) is 3.08. The molecule has 1 aliphatic rings. The molecule has 0 aliphatic heterocycles. The summed E-state index contributed by atoms with van der Waals surface area (Å²) in [6.45, 7) is 2.00. The van der Waals surface area contributed by atoms with E-state index in [2.05, 4.69) is 4.98 Å². The molecule has 1 aliphatic carbocycles. The van der Waals surface area contributed by atoms with E-state index in [-0.39, 0.29) is 11.4 Å². The van der Waals surface area contributed by atoms with Gasteiger partial charge in [-0.3, -0.25) is 9.78 Å². The van der Waals surface area contributed by atoms with Gasteiger partial charge in [0.1, 0.15) is 6.04 Å². The van der Waals surface area contributed by atoms with E-state index in [0.29, 0.717) is 0 Å². The lowest BCUT2D eigenvalue weighted by Gasteiger charge is -2.20. The minimum atomic E-state index is -0.605. The molecular formula is C12H16N2O2. The van der Waals surface area contributed by atoms with Crippen LogP contribution in [0.2, 0.25) is 0 Å². The molecule has 1 aromatic rings. The highest BCUT2D eigenvalue weighted by Gasteiger charge is 2.53. The molecule has 0 saturated heterocycles. The third-order valence-corrected chi connectivity index (χ3v) is 3.26. The molecule has 0 bridgehead atoms. The van der Waals surface area contributed by atoms with Crippen LogP contribution in [0.1, 0.15) is 24.1 Å². The third kappa shape index (κ3) is 1.69. The molecule has 1 fully saturated rings. The largest absolute Gasteiger partial charge is 0.468 e. The Morgan fingerprint density at radius 2 is 2.31 bits per heavy atom. The molecule has 1 aromatic heterocycles. The number of ether oxygens (including phenoxy) is 1. The van der Waals surface area contributed by atoms with Gasteiger partial charge in [-0.25, -0.2) is 0 Å². The van der Waals surface area contributed by atoms with E-state index in [9.17, 15) is 4.79 Å². The Balaban J connectivity index is 2.29. The van der Waals surface area contributed by atoms with E-state index in [1.165, 1.54) is 7.11 Å². The Hall–Kier alpha value is -1.42. The smallest absolute Gasteiger partial charge is 0.323 e. The first kappa shape index (κ1) is 11.1. The number of methoxy groups -OCH3 is 1. The second kappa shape index (κ2) is 3.87. The van der Waals surface area contributed by atoms with Crippen LogP contribution in [0.25, 0.3) is 0 Å². The molecular weight excluding hydrogens is 204 g/mol. The molecule has 1 atom stereocenters. The number of hydrogen-bond donors (Lipinski definition) is 1. The lowest BCUT2D eigenvalue weighted by molar-refractivity contribution is -0.143. The predicted octanol–water partition coefficient (Wildman–Crippen LogP) is 0.922. The minimum absolute atomic E-state index is 0.293. The van der Waals surface area contributed by atoms with Gasteiger partial charge >= 0.3 is 5.97 Å². The van der Waals surface area contributed by atoms with E-state index >= 15 is 0 Å². The Morgan fingerprint density at radius 1 is 1.62 bits per heavy atom. The third-order valence-electron chi connectivity index (χ3n) is 3.26. The van der Waals surface area contributed by atoms with Crippen molar-refractivity contribution in [3.05, 3.63) is 29.6 Å². The second-order valence-corrected chi connectivity index (χ2v) is 4.38. The topological polar surface area (TPSA) is 65.2 Å². The molecule has 1 unspecified atom stereocenters. The van der Waals surface area contributed by atoms with Gasteiger partial charge in [0, 0.05) is 17.3 Å². The van der Waals surface area contributed by atoms with E-state index in [4.69, 9.17) is 10.5 Å². The van der Waals surface area contributed by atoms with Crippen LogP contribution in [-0.4, -0.2) is 24.1 Å². The maximum absolute atomic E-state index is 11.5. The summed E-state index contributed by atoms with van der Waals surface area (Å²) in [6, 6.07) is 3.32. The summed E-state index contributed by atoms with van der Waals surface area (Å²) < 4.78 is 4.70. The highest BCUT2D eigenvalue weighted by Crippen LogP contribution is 2.49. The monoisotopic (exact) mass is 220 g/mol. The van der Waals surface area contributed by atoms with E-state index in [0.717, 1.165) is 24.1 Å². The molecule has 4 nitrogen and oxygen atoms in total. The van der Waals surface area contributed by atoms with Gasteiger partial charge in [-0.05, 0) is 37.5 Å². The van der Waals surface area contributed by atoms with Crippen molar-refractivity contribution in [1.29, 1.82) is 0 Å². The summed E-state index contributed by atoms with van der Waals surface area (Å²) in [7, 11) is 1.36. The van der Waals surface area contributed by atoms with Crippen molar-refractivity contribution in [3.8, 4) is 0 Å². The SMILES string of the molecule is COC(=O)C(N)C1(c2cc(C)ccn2)CC1. The number of carbonyl (C=O) groups is 1. The lowest BCUT2D eigenvalue weighted by atomic mass is 9.92. The Labute approximate surface area is 94.8 Å². The van der Waals surface area contributed by atoms with Crippen molar-refractivity contribution in [2.45, 2.75) is 31.2 Å². The van der Waals surface area contributed by atoms with Crippen molar-refractivity contribution in [2.24, 2.45) is 5.73 Å². The Kier molecular flexibility index (Phi) is 2.68. The van der Waals surface area contributed by atoms with Crippen molar-refractivity contribution >= 4 is 5.97 Å². The number of esters is 1. The quantitative estimate of drug-likeness (QED) is 0.769. The second-order valence-electron chi connectivity index (χ2n) is 4.38. The van der Waals surface area contributed by atoms with E-state index in [1.807, 2.05) is 19.1 Å². The normalized spacial score (nSPS) is 18.9. The molecule has 2 rings (SSSR count). The summed E-state index contributed by atoms with van der Waals surface area (Å²) in [6.07, 6.45) is 3.56. The molecule has 1 heterocycles. The molecule has 2 N–H and O–H groups in total. The summed E-state index contributed by atoms with van der Waals surface area (Å²) in [5, 5.41) is 0. The number of nitrogens with zero attached hydrogens (tertiary/aromatic N) is 1. The molecule has 86 valence electrons. The lowest BCUT2D eigenvalue weighted by Crippen LogP contribution is -2.43. The van der Waals surface area contributed by atoms with Crippen LogP contribution in [0.15, 0.2) is 18.3 Å². The fraction of sp³-hybridized carbons (Fsp3) is 0.500. The van der Waals surface area contributed by atoms with Crippen LogP contribution in [-0.2, 0) is 14.9 Å². The fourth-order valence-corrected chi connectivity index (χ4v) is 2.02. The van der Waals surface area contributed by atoms with Gasteiger partial charge in [0.15, 0.2) is 0 Å². The van der Waals surface area contributed by atoms with E-state index in [1.54, 1.807) is 6.20 Å². The molecule has 0 spiro atoms. The molecule has 1 saturated carbocycles. The number of aromatic nitrogens is 1. The molecule has 0 amide bonds. The van der Waals surface area contributed by atoms with Gasteiger partial charge in [0.25, 0.3) is 0 Å². The van der Waals surface area contributed by atoms with Gasteiger partial charge in [0.2, 0.25) is 0 Å². The van der Waals surface area contributed by atoms with Crippen LogP contribution in [0, 0.1) is 6.92 Å². The van der Waals surface area contributed by atoms with Crippen molar-refractivity contribution < 1.29 is 9.53 Å². The van der Waals surface area contributed by atoms with Crippen molar-refractivity contribution in [3.63, 3.8) is 0 Å². The zero-order valence-corrected chi connectivity index (χ0v) is 9.56. The molecule has 0 aromatic carbocycles. The summed E-state index contributed by atoms with van der Waals surface area (Å²) in [4.78, 5) is 15.8. The average molecular weight is 220 g/mol. The van der Waals surface area contributed by atoms with E-state index < -0.39 is 6.04 Å². The van der Waals surface area contributed by atoms with Crippen LogP contribution in [0.4, 0.5) is 0 Å². The zero-order chi connectivity index (χ0) is 11.8. The first-order chi connectivity index (χ1) is 7.60. The molecule has 16 heavy (non-hydrogen) atoms. The molecule has 0 radical (unpaired) electrons. The summed E-state index contributed by atoms with van der Waals surface area (Å²) in [5.74, 6) is -0.360. The number of pyridine rings is 1. The van der Waals surface area contributed by atoms with Crippen LogP contribution >= 0.6 is 0 Å². The number of rotatable bonds is 3. The van der Waals surface area contributed by atoms with Gasteiger partial charge < -0.3 is 10.5 Å². The summed E-state index contributed by atoms with van der Waals surface area (Å²) in [5.41, 5.74) is 7.68. The van der Waals surface area contributed by atoms with Gasteiger partial charge in [-0.15, -0.1) is 0 Å². The number of nitrogens with two attached hydrogens (primary N) is 1. The highest BCUT2D eigenvalue weighted by atomic mass is 16.5. The maximum atomic E-state index is 11.5. The number of aryl methyl sites for hydroxylation is 1. The van der Waals surface area contributed by atoms with Crippen molar-refractivity contribution in [1.82, 2.24) is 4.98 Å².